The maximum absolute atomic E-state index is 5.04. The van der Waals surface area contributed by atoms with E-state index in [1.807, 2.05) is 37.6 Å². The predicted molar refractivity (Wildman–Crippen MR) is 95.2 cm³/mol. The van der Waals surface area contributed by atoms with Crippen LogP contribution in [-0.2, 0) is 6.54 Å². The SMILES string of the molecule is Cc1cc(C)n(-c2cc(N3CCN(Cc4noc(C)n4)CC3)ncn2)n1. The van der Waals surface area contributed by atoms with Crippen molar-refractivity contribution < 1.29 is 4.52 Å². The molecule has 1 fully saturated rings. The van der Waals surface area contributed by atoms with E-state index >= 15 is 0 Å². The van der Waals surface area contributed by atoms with Gasteiger partial charge in [-0.2, -0.15) is 10.1 Å². The summed E-state index contributed by atoms with van der Waals surface area (Å²) in [6, 6.07) is 4.04. The van der Waals surface area contributed by atoms with E-state index < -0.39 is 0 Å². The summed E-state index contributed by atoms with van der Waals surface area (Å²) >= 11 is 0. The second kappa shape index (κ2) is 6.83. The molecule has 0 spiro atoms. The molecule has 0 atom stereocenters. The van der Waals surface area contributed by atoms with Crippen molar-refractivity contribution in [2.24, 2.45) is 0 Å². The van der Waals surface area contributed by atoms with Gasteiger partial charge in [0, 0.05) is 44.9 Å². The molecule has 0 unspecified atom stereocenters. The average molecular weight is 354 g/mol. The van der Waals surface area contributed by atoms with E-state index in [9.17, 15) is 0 Å². The van der Waals surface area contributed by atoms with Crippen molar-refractivity contribution in [2.75, 3.05) is 31.1 Å². The van der Waals surface area contributed by atoms with Gasteiger partial charge in [-0.05, 0) is 19.9 Å². The van der Waals surface area contributed by atoms with E-state index in [0.717, 1.165) is 55.0 Å². The molecule has 1 aliphatic rings. The predicted octanol–water partition coefficient (Wildman–Crippen LogP) is 1.29. The molecular weight excluding hydrogens is 332 g/mol. The van der Waals surface area contributed by atoms with Crippen LogP contribution < -0.4 is 4.90 Å². The van der Waals surface area contributed by atoms with Crippen LogP contribution >= 0.6 is 0 Å². The second-order valence-corrected chi connectivity index (χ2v) is 6.57. The lowest BCUT2D eigenvalue weighted by molar-refractivity contribution is 0.239. The highest BCUT2D eigenvalue weighted by atomic mass is 16.5. The third kappa shape index (κ3) is 3.43. The molecule has 3 aromatic heterocycles. The summed E-state index contributed by atoms with van der Waals surface area (Å²) in [4.78, 5) is 17.7. The number of anilines is 1. The maximum atomic E-state index is 5.04. The van der Waals surface area contributed by atoms with Crippen molar-refractivity contribution in [3.05, 3.63) is 41.6 Å². The van der Waals surface area contributed by atoms with E-state index in [4.69, 9.17) is 4.52 Å². The molecular formula is C17H22N8O. The number of hydrogen-bond donors (Lipinski definition) is 0. The average Bonchev–Trinajstić information content (AvgIpc) is 3.20. The number of hydrogen-bond acceptors (Lipinski definition) is 8. The first-order chi connectivity index (χ1) is 12.6. The van der Waals surface area contributed by atoms with Crippen molar-refractivity contribution in [3.8, 4) is 5.82 Å². The van der Waals surface area contributed by atoms with E-state index in [1.54, 1.807) is 6.33 Å². The Morgan fingerprint density at radius 1 is 1.00 bits per heavy atom. The van der Waals surface area contributed by atoms with Crippen molar-refractivity contribution in [3.63, 3.8) is 0 Å². The molecule has 0 amide bonds. The van der Waals surface area contributed by atoms with Crippen molar-refractivity contribution >= 4 is 5.82 Å². The molecule has 3 aromatic rings. The summed E-state index contributed by atoms with van der Waals surface area (Å²) < 4.78 is 6.90. The van der Waals surface area contributed by atoms with Crippen LogP contribution in [0.5, 0.6) is 0 Å². The standard InChI is InChI=1S/C17H22N8O/c1-12-8-13(2)25(21-12)17-9-16(18-11-19-17)24-6-4-23(5-7-24)10-15-20-14(3)26-22-15/h8-9,11H,4-7,10H2,1-3H3. The molecule has 4 rings (SSSR count). The second-order valence-electron chi connectivity index (χ2n) is 6.57. The summed E-state index contributed by atoms with van der Waals surface area (Å²) in [5, 5.41) is 8.48. The van der Waals surface area contributed by atoms with Crippen LogP contribution in [0.3, 0.4) is 0 Å². The minimum Gasteiger partial charge on any atom is -0.354 e. The zero-order valence-corrected chi connectivity index (χ0v) is 15.3. The summed E-state index contributed by atoms with van der Waals surface area (Å²) in [5.74, 6) is 3.07. The Kier molecular flexibility index (Phi) is 4.37. The van der Waals surface area contributed by atoms with Gasteiger partial charge in [0.05, 0.1) is 12.2 Å². The van der Waals surface area contributed by atoms with Crippen LogP contribution in [0.4, 0.5) is 5.82 Å². The van der Waals surface area contributed by atoms with Crippen LogP contribution in [0.15, 0.2) is 23.0 Å². The molecule has 0 aromatic carbocycles. The number of aryl methyl sites for hydroxylation is 3. The van der Waals surface area contributed by atoms with E-state index in [2.05, 4.69) is 35.0 Å². The largest absolute Gasteiger partial charge is 0.354 e. The molecule has 1 saturated heterocycles. The third-order valence-electron chi connectivity index (χ3n) is 4.50. The fourth-order valence-corrected chi connectivity index (χ4v) is 3.23. The van der Waals surface area contributed by atoms with Gasteiger partial charge in [0.1, 0.15) is 12.1 Å². The van der Waals surface area contributed by atoms with Crippen LogP contribution in [-0.4, -0.2) is 61.0 Å². The highest BCUT2D eigenvalue weighted by Gasteiger charge is 2.20. The molecule has 0 N–H and O–H groups in total. The quantitative estimate of drug-likeness (QED) is 0.692. The fraction of sp³-hybridized carbons (Fsp3) is 0.471. The summed E-state index contributed by atoms with van der Waals surface area (Å²) in [6.07, 6.45) is 1.61. The Morgan fingerprint density at radius 3 is 2.42 bits per heavy atom. The molecule has 0 aliphatic carbocycles. The summed E-state index contributed by atoms with van der Waals surface area (Å²) in [6.45, 7) is 10.2. The van der Waals surface area contributed by atoms with Crippen molar-refractivity contribution in [2.45, 2.75) is 27.3 Å². The van der Waals surface area contributed by atoms with Gasteiger partial charge in [-0.3, -0.25) is 4.90 Å². The van der Waals surface area contributed by atoms with E-state index in [-0.39, 0.29) is 0 Å². The monoisotopic (exact) mass is 354 g/mol. The Labute approximate surface area is 151 Å². The molecule has 1 aliphatic heterocycles. The Balaban J connectivity index is 1.43. The lowest BCUT2D eigenvalue weighted by Crippen LogP contribution is -2.46. The van der Waals surface area contributed by atoms with Crippen LogP contribution in [0.25, 0.3) is 5.82 Å². The molecule has 136 valence electrons. The molecule has 4 heterocycles. The van der Waals surface area contributed by atoms with Crippen molar-refractivity contribution in [1.82, 2.24) is 34.8 Å². The van der Waals surface area contributed by atoms with E-state index in [1.165, 1.54) is 0 Å². The lowest BCUT2D eigenvalue weighted by atomic mass is 10.3. The normalized spacial score (nSPS) is 15.6. The smallest absolute Gasteiger partial charge is 0.223 e. The van der Waals surface area contributed by atoms with Crippen LogP contribution in [0, 0.1) is 20.8 Å². The van der Waals surface area contributed by atoms with Gasteiger partial charge in [0.25, 0.3) is 0 Å². The molecule has 0 bridgehead atoms. The fourth-order valence-electron chi connectivity index (χ4n) is 3.23. The molecule has 0 saturated carbocycles. The molecule has 9 heteroatoms. The van der Waals surface area contributed by atoms with E-state index in [0.29, 0.717) is 12.4 Å². The number of nitrogens with zero attached hydrogens (tertiary/aromatic N) is 8. The zero-order valence-electron chi connectivity index (χ0n) is 15.3. The Morgan fingerprint density at radius 2 is 1.77 bits per heavy atom. The summed E-state index contributed by atoms with van der Waals surface area (Å²) in [7, 11) is 0. The van der Waals surface area contributed by atoms with Crippen LogP contribution in [0.2, 0.25) is 0 Å². The van der Waals surface area contributed by atoms with Gasteiger partial charge >= 0.3 is 0 Å². The Hall–Kier alpha value is -2.81. The summed E-state index contributed by atoms with van der Waals surface area (Å²) in [5.41, 5.74) is 2.04. The number of piperazine rings is 1. The highest BCUT2D eigenvalue weighted by molar-refractivity contribution is 5.44. The van der Waals surface area contributed by atoms with Gasteiger partial charge in [-0.1, -0.05) is 5.16 Å². The van der Waals surface area contributed by atoms with Gasteiger partial charge in [-0.25, -0.2) is 14.6 Å². The third-order valence-corrected chi connectivity index (χ3v) is 4.50. The topological polar surface area (TPSA) is 89.0 Å². The van der Waals surface area contributed by atoms with Gasteiger partial charge in [-0.15, -0.1) is 0 Å². The van der Waals surface area contributed by atoms with Gasteiger partial charge in [0.15, 0.2) is 11.6 Å². The first-order valence-corrected chi connectivity index (χ1v) is 8.70. The van der Waals surface area contributed by atoms with Gasteiger partial charge in [0.2, 0.25) is 5.89 Å². The molecule has 26 heavy (non-hydrogen) atoms. The Bertz CT molecular complexity index is 894. The lowest BCUT2D eigenvalue weighted by Gasteiger charge is -2.34. The first kappa shape index (κ1) is 16.6. The maximum Gasteiger partial charge on any atom is 0.223 e. The number of rotatable bonds is 4. The minimum atomic E-state index is 0.608. The highest BCUT2D eigenvalue weighted by Crippen LogP contribution is 2.18. The van der Waals surface area contributed by atoms with Crippen molar-refractivity contribution in [1.29, 1.82) is 0 Å². The molecule has 9 nitrogen and oxygen atoms in total. The minimum absolute atomic E-state index is 0.608. The first-order valence-electron chi connectivity index (χ1n) is 8.70. The zero-order chi connectivity index (χ0) is 18.1. The van der Waals surface area contributed by atoms with Gasteiger partial charge < -0.3 is 9.42 Å². The van der Waals surface area contributed by atoms with Crippen LogP contribution in [0.1, 0.15) is 23.1 Å². The molecule has 0 radical (unpaired) electrons. The number of aromatic nitrogens is 6.